The van der Waals surface area contributed by atoms with Gasteiger partial charge in [0, 0.05) is 0 Å². The molecule has 1 aromatic rings. The van der Waals surface area contributed by atoms with Gasteiger partial charge in [-0.2, -0.15) is 0 Å². The largest absolute Gasteiger partial charge is 0.453 e. The fourth-order valence-corrected chi connectivity index (χ4v) is 8.84. The molecule has 10 heteroatoms. The van der Waals surface area contributed by atoms with E-state index in [1.807, 2.05) is 28.4 Å². The quantitative estimate of drug-likeness (QED) is 0.0908. The SMILES string of the molecule is C=CC[C@@H]1O[C@@H](C(/C=C/I)O[Si](C)(C)C(C)(C)C)C(O[Si](C)(C)C(C)(C)C)C(O[Si](C)(C)C(C)(C)C)[C@H]1OC(=O)c1ccccc1. The molecule has 1 aromatic carbocycles. The summed E-state index contributed by atoms with van der Waals surface area (Å²) >= 11 is 2.26. The van der Waals surface area contributed by atoms with Crippen LogP contribution in [0.5, 0.6) is 0 Å². The minimum Gasteiger partial charge on any atom is -0.453 e. The van der Waals surface area contributed by atoms with Gasteiger partial charge in [0.25, 0.3) is 0 Å². The number of ether oxygens (including phenoxy) is 2. The summed E-state index contributed by atoms with van der Waals surface area (Å²) in [7, 11) is -7.10. The van der Waals surface area contributed by atoms with Gasteiger partial charge >= 0.3 is 5.97 Å². The molecule has 46 heavy (non-hydrogen) atoms. The lowest BCUT2D eigenvalue weighted by molar-refractivity contribution is -0.227. The van der Waals surface area contributed by atoms with Crippen LogP contribution in [0, 0.1) is 0 Å². The molecule has 1 saturated heterocycles. The molecule has 6 nitrogen and oxygen atoms in total. The Morgan fingerprint density at radius 3 is 1.74 bits per heavy atom. The standard InChI is InChI=1S/C36H63IO6Si3/c1-17-21-27-29(40-33(38)26-22-19-18-20-23-26)31(42-45(13,14)35(5,6)7)32(43-46(15,16)36(8,9)10)30(39-27)28(24-25-37)41-44(11,12)34(2,3)4/h17-20,22-25,27-32H,1,21H2,2-16H3/b25-24+/t27-,28?,29-,30-,31?,32?/m0/s1. The van der Waals surface area contributed by atoms with Crippen LogP contribution in [0.25, 0.3) is 0 Å². The summed E-state index contributed by atoms with van der Waals surface area (Å²) in [5.74, 6) is -0.405. The van der Waals surface area contributed by atoms with E-state index in [9.17, 15) is 4.79 Å². The number of hydrogen-bond donors (Lipinski definition) is 0. The zero-order valence-corrected chi connectivity index (χ0v) is 36.5. The average molecular weight is 803 g/mol. The van der Waals surface area contributed by atoms with Crippen molar-refractivity contribution >= 4 is 53.5 Å². The van der Waals surface area contributed by atoms with E-state index in [1.165, 1.54) is 0 Å². The number of rotatable bonds is 12. The summed E-state index contributed by atoms with van der Waals surface area (Å²) in [5, 5.41) is -0.189. The van der Waals surface area contributed by atoms with Gasteiger partial charge in [-0.1, -0.05) is 109 Å². The maximum absolute atomic E-state index is 13.7. The third-order valence-electron chi connectivity index (χ3n) is 10.6. The Morgan fingerprint density at radius 1 is 0.826 bits per heavy atom. The van der Waals surface area contributed by atoms with Crippen molar-refractivity contribution in [2.45, 2.75) is 160 Å². The van der Waals surface area contributed by atoms with Crippen LogP contribution in [0.3, 0.4) is 0 Å². The van der Waals surface area contributed by atoms with Gasteiger partial charge in [-0.15, -0.1) is 6.58 Å². The normalized spacial score (nSPS) is 24.6. The molecule has 1 aliphatic rings. The smallest absolute Gasteiger partial charge is 0.338 e. The molecule has 2 rings (SSSR count). The molecule has 1 aliphatic heterocycles. The molecular formula is C36H63IO6Si3. The number of carbonyl (C=O) groups excluding carboxylic acids is 1. The molecule has 262 valence electrons. The number of carbonyl (C=O) groups is 1. The molecule has 0 N–H and O–H groups in total. The fourth-order valence-electron chi connectivity index (χ4n) is 4.58. The predicted molar refractivity (Wildman–Crippen MR) is 208 cm³/mol. The molecule has 0 saturated carbocycles. The monoisotopic (exact) mass is 802 g/mol. The van der Waals surface area contributed by atoms with Crippen molar-refractivity contribution in [3.05, 3.63) is 58.7 Å². The van der Waals surface area contributed by atoms with Crippen molar-refractivity contribution < 1.29 is 27.5 Å². The van der Waals surface area contributed by atoms with Crippen molar-refractivity contribution in [3.63, 3.8) is 0 Å². The Bertz CT molecular complexity index is 1180. The van der Waals surface area contributed by atoms with Gasteiger partial charge < -0.3 is 22.8 Å². The van der Waals surface area contributed by atoms with Gasteiger partial charge in [-0.3, -0.25) is 0 Å². The minimum absolute atomic E-state index is 0.0138. The van der Waals surface area contributed by atoms with E-state index in [0.29, 0.717) is 12.0 Å². The summed E-state index contributed by atoms with van der Waals surface area (Å²) in [4.78, 5) is 13.7. The van der Waals surface area contributed by atoms with Crippen LogP contribution in [0.2, 0.25) is 54.4 Å². The molecule has 6 atom stereocenters. The predicted octanol–water partition coefficient (Wildman–Crippen LogP) is 10.7. The van der Waals surface area contributed by atoms with Crippen molar-refractivity contribution in [2.75, 3.05) is 0 Å². The topological polar surface area (TPSA) is 63.2 Å². The maximum Gasteiger partial charge on any atom is 0.338 e. The molecule has 0 bridgehead atoms. The van der Waals surface area contributed by atoms with Crippen molar-refractivity contribution in [2.24, 2.45) is 0 Å². The summed E-state index contributed by atoms with van der Waals surface area (Å²) in [6.07, 6.45) is 1.16. The van der Waals surface area contributed by atoms with Crippen molar-refractivity contribution in [1.82, 2.24) is 0 Å². The lowest BCUT2D eigenvalue weighted by Gasteiger charge is -2.54. The second kappa shape index (κ2) is 15.5. The van der Waals surface area contributed by atoms with E-state index in [-0.39, 0.29) is 15.1 Å². The van der Waals surface area contributed by atoms with Gasteiger partial charge in [0.05, 0.1) is 11.7 Å². The Kier molecular flexibility index (Phi) is 14.0. The van der Waals surface area contributed by atoms with E-state index in [2.05, 4.69) is 137 Å². The highest BCUT2D eigenvalue weighted by atomic mass is 127. The van der Waals surface area contributed by atoms with E-state index in [4.69, 9.17) is 22.8 Å². The second-order valence-corrected chi connectivity index (χ2v) is 32.2. The van der Waals surface area contributed by atoms with Crippen LogP contribution < -0.4 is 0 Å². The fraction of sp³-hybridized carbons (Fsp3) is 0.694. The first-order valence-corrected chi connectivity index (χ1v) is 26.6. The molecule has 0 aromatic heterocycles. The Balaban J connectivity index is 2.88. The zero-order chi connectivity index (χ0) is 35.5. The van der Waals surface area contributed by atoms with Crippen LogP contribution in [-0.2, 0) is 22.8 Å². The van der Waals surface area contributed by atoms with Crippen LogP contribution in [0.15, 0.2) is 53.1 Å². The van der Waals surface area contributed by atoms with Crippen molar-refractivity contribution in [1.29, 1.82) is 0 Å². The molecule has 3 unspecified atom stereocenters. The first-order valence-electron chi connectivity index (χ1n) is 16.6. The number of halogens is 1. The third-order valence-corrected chi connectivity index (χ3v) is 24.5. The Morgan fingerprint density at radius 2 is 1.30 bits per heavy atom. The van der Waals surface area contributed by atoms with Gasteiger partial charge in [0.1, 0.15) is 24.4 Å². The van der Waals surface area contributed by atoms with E-state index in [0.717, 1.165) is 0 Å². The molecule has 0 amide bonds. The second-order valence-electron chi connectivity index (χ2n) is 17.2. The summed E-state index contributed by atoms with van der Waals surface area (Å²) in [5.41, 5.74) is 0.488. The zero-order valence-electron chi connectivity index (χ0n) is 31.3. The molecule has 0 radical (unpaired) electrons. The Labute approximate surface area is 297 Å². The van der Waals surface area contributed by atoms with Gasteiger partial charge in [0.2, 0.25) is 0 Å². The third kappa shape index (κ3) is 10.2. The lowest BCUT2D eigenvalue weighted by atomic mass is 9.90. The summed E-state index contributed by atoms with van der Waals surface area (Å²) in [6, 6.07) is 9.13. The van der Waals surface area contributed by atoms with Crippen LogP contribution in [-0.4, -0.2) is 67.5 Å². The van der Waals surface area contributed by atoms with Crippen LogP contribution >= 0.6 is 22.6 Å². The Hall–Kier alpha value is -0.609. The van der Waals surface area contributed by atoms with E-state index in [1.54, 1.807) is 12.1 Å². The number of hydrogen-bond acceptors (Lipinski definition) is 6. The number of benzene rings is 1. The highest BCUT2D eigenvalue weighted by molar-refractivity contribution is 14.1. The van der Waals surface area contributed by atoms with Gasteiger partial charge in [-0.05, 0) is 83.1 Å². The summed E-state index contributed by atoms with van der Waals surface area (Å²) < 4.78 is 37.5. The lowest BCUT2D eigenvalue weighted by Crippen LogP contribution is -2.68. The number of esters is 1. The van der Waals surface area contributed by atoms with Gasteiger partial charge in [0.15, 0.2) is 31.1 Å². The average Bonchev–Trinajstić information content (AvgIpc) is 2.89. The van der Waals surface area contributed by atoms with Gasteiger partial charge in [-0.25, -0.2) is 4.79 Å². The highest BCUT2D eigenvalue weighted by Crippen LogP contribution is 2.46. The maximum atomic E-state index is 13.7. The van der Waals surface area contributed by atoms with E-state index < -0.39 is 67.5 Å². The van der Waals surface area contributed by atoms with Crippen LogP contribution in [0.1, 0.15) is 79.1 Å². The molecule has 0 spiro atoms. The van der Waals surface area contributed by atoms with Crippen LogP contribution in [0.4, 0.5) is 0 Å². The molecule has 1 fully saturated rings. The molecule has 0 aliphatic carbocycles. The molecule has 1 heterocycles. The van der Waals surface area contributed by atoms with E-state index >= 15 is 0 Å². The summed E-state index contributed by atoms with van der Waals surface area (Å²) in [6.45, 7) is 37.7. The molecular weight excluding hydrogens is 740 g/mol. The first kappa shape index (κ1) is 41.6. The highest BCUT2D eigenvalue weighted by Gasteiger charge is 2.57. The minimum atomic E-state index is -2.43. The first-order chi connectivity index (χ1) is 20.8. The van der Waals surface area contributed by atoms with Crippen molar-refractivity contribution in [3.8, 4) is 0 Å².